The van der Waals surface area contributed by atoms with Crippen molar-refractivity contribution in [2.24, 2.45) is 5.92 Å². The molecule has 18 heavy (non-hydrogen) atoms. The second kappa shape index (κ2) is 5.50. The standard InChI is InChI=1S/C14H21N3O/c1-10(2)13(18)9-15-8-12-11(3)16-14-6-4-5-7-17(12)14/h4-7,10,13,15,18H,8-9H2,1-3H3. The van der Waals surface area contributed by atoms with Crippen LogP contribution >= 0.6 is 0 Å². The molecule has 0 aliphatic heterocycles. The summed E-state index contributed by atoms with van der Waals surface area (Å²) < 4.78 is 2.09. The van der Waals surface area contributed by atoms with Crippen molar-refractivity contribution >= 4 is 5.65 Å². The van der Waals surface area contributed by atoms with Gasteiger partial charge in [-0.2, -0.15) is 0 Å². The minimum absolute atomic E-state index is 0.279. The van der Waals surface area contributed by atoms with E-state index in [9.17, 15) is 5.11 Å². The SMILES string of the molecule is Cc1nc2ccccn2c1CNCC(O)C(C)C. The van der Waals surface area contributed by atoms with E-state index in [1.54, 1.807) is 0 Å². The van der Waals surface area contributed by atoms with Gasteiger partial charge in [-0.25, -0.2) is 4.98 Å². The summed E-state index contributed by atoms with van der Waals surface area (Å²) in [5.74, 6) is 0.279. The van der Waals surface area contributed by atoms with Gasteiger partial charge >= 0.3 is 0 Å². The highest BCUT2D eigenvalue weighted by molar-refractivity contribution is 5.42. The maximum absolute atomic E-state index is 9.75. The van der Waals surface area contributed by atoms with Crippen molar-refractivity contribution in [3.8, 4) is 0 Å². The third-order valence-corrected chi connectivity index (χ3v) is 3.24. The molecule has 0 spiro atoms. The largest absolute Gasteiger partial charge is 0.392 e. The van der Waals surface area contributed by atoms with Crippen LogP contribution in [0.4, 0.5) is 0 Å². The molecule has 0 radical (unpaired) electrons. The van der Waals surface area contributed by atoms with Gasteiger partial charge in [0.2, 0.25) is 0 Å². The maximum Gasteiger partial charge on any atom is 0.137 e. The summed E-state index contributed by atoms with van der Waals surface area (Å²) in [5, 5.41) is 13.0. The number of aliphatic hydroxyl groups is 1. The lowest BCUT2D eigenvalue weighted by Crippen LogP contribution is -2.30. The molecule has 0 fully saturated rings. The van der Waals surface area contributed by atoms with E-state index < -0.39 is 0 Å². The van der Waals surface area contributed by atoms with Crippen LogP contribution in [0.3, 0.4) is 0 Å². The number of pyridine rings is 1. The van der Waals surface area contributed by atoms with Crippen molar-refractivity contribution < 1.29 is 5.11 Å². The molecule has 2 heterocycles. The first-order valence-corrected chi connectivity index (χ1v) is 6.41. The van der Waals surface area contributed by atoms with Gasteiger partial charge in [0.15, 0.2) is 0 Å². The van der Waals surface area contributed by atoms with Crippen molar-refractivity contribution in [3.63, 3.8) is 0 Å². The van der Waals surface area contributed by atoms with Crippen LogP contribution in [0.25, 0.3) is 5.65 Å². The highest BCUT2D eigenvalue weighted by Gasteiger charge is 2.10. The Hall–Kier alpha value is -1.39. The van der Waals surface area contributed by atoms with Crippen LogP contribution in [0.1, 0.15) is 25.2 Å². The van der Waals surface area contributed by atoms with Gasteiger partial charge in [0.05, 0.1) is 17.5 Å². The molecule has 2 aromatic rings. The minimum Gasteiger partial charge on any atom is -0.392 e. The predicted octanol–water partition coefficient (Wildman–Crippen LogP) is 1.75. The van der Waals surface area contributed by atoms with Crippen LogP contribution in [-0.4, -0.2) is 27.1 Å². The minimum atomic E-state index is -0.301. The first-order chi connectivity index (χ1) is 8.59. The number of aromatic nitrogens is 2. The van der Waals surface area contributed by atoms with E-state index in [2.05, 4.69) is 14.7 Å². The zero-order valence-corrected chi connectivity index (χ0v) is 11.2. The highest BCUT2D eigenvalue weighted by atomic mass is 16.3. The summed E-state index contributed by atoms with van der Waals surface area (Å²) in [5.41, 5.74) is 3.16. The number of aliphatic hydroxyl groups excluding tert-OH is 1. The molecule has 1 atom stereocenters. The van der Waals surface area contributed by atoms with Crippen LogP contribution in [0, 0.1) is 12.8 Å². The highest BCUT2D eigenvalue weighted by Crippen LogP contribution is 2.11. The first-order valence-electron chi connectivity index (χ1n) is 6.41. The molecule has 0 saturated carbocycles. The Morgan fingerprint density at radius 3 is 2.89 bits per heavy atom. The first kappa shape index (κ1) is 13.1. The summed E-state index contributed by atoms with van der Waals surface area (Å²) in [4.78, 5) is 4.51. The zero-order valence-electron chi connectivity index (χ0n) is 11.2. The van der Waals surface area contributed by atoms with Crippen LogP contribution in [0.5, 0.6) is 0 Å². The lowest BCUT2D eigenvalue weighted by atomic mass is 10.1. The predicted molar refractivity (Wildman–Crippen MR) is 72.5 cm³/mol. The van der Waals surface area contributed by atoms with Crippen LogP contribution in [0.2, 0.25) is 0 Å². The number of nitrogens with one attached hydrogen (secondary N) is 1. The Kier molecular flexibility index (Phi) is 3.99. The number of imidazole rings is 1. The van der Waals surface area contributed by atoms with E-state index in [0.29, 0.717) is 6.54 Å². The second-order valence-electron chi connectivity index (χ2n) is 5.02. The van der Waals surface area contributed by atoms with Crippen LogP contribution in [0.15, 0.2) is 24.4 Å². The zero-order chi connectivity index (χ0) is 13.1. The van der Waals surface area contributed by atoms with E-state index in [1.165, 1.54) is 0 Å². The fourth-order valence-corrected chi connectivity index (χ4v) is 1.95. The molecule has 0 amide bonds. The van der Waals surface area contributed by atoms with Crippen molar-refractivity contribution in [2.75, 3.05) is 6.54 Å². The summed E-state index contributed by atoms with van der Waals surface area (Å²) in [6.07, 6.45) is 1.72. The van der Waals surface area contributed by atoms with Gasteiger partial charge in [0.25, 0.3) is 0 Å². The van der Waals surface area contributed by atoms with Crippen molar-refractivity contribution in [3.05, 3.63) is 35.8 Å². The van der Waals surface area contributed by atoms with Crippen LogP contribution < -0.4 is 5.32 Å². The Labute approximate surface area is 108 Å². The molecule has 4 nitrogen and oxygen atoms in total. The molecule has 0 aliphatic carbocycles. The van der Waals surface area contributed by atoms with Crippen LogP contribution in [-0.2, 0) is 6.54 Å². The Balaban J connectivity index is 2.05. The average molecular weight is 247 g/mol. The van der Waals surface area contributed by atoms with Gasteiger partial charge in [-0.05, 0) is 25.0 Å². The molecule has 98 valence electrons. The average Bonchev–Trinajstić information content (AvgIpc) is 2.65. The number of aryl methyl sites for hydroxylation is 1. The quantitative estimate of drug-likeness (QED) is 0.846. The third kappa shape index (κ3) is 2.71. The molecule has 2 N–H and O–H groups in total. The monoisotopic (exact) mass is 247 g/mol. The van der Waals surface area contributed by atoms with E-state index in [-0.39, 0.29) is 12.0 Å². The summed E-state index contributed by atoms with van der Waals surface area (Å²) >= 11 is 0. The van der Waals surface area contributed by atoms with Gasteiger partial charge in [0, 0.05) is 19.3 Å². The summed E-state index contributed by atoms with van der Waals surface area (Å²) in [7, 11) is 0. The molecule has 0 aliphatic rings. The van der Waals surface area contributed by atoms with E-state index in [4.69, 9.17) is 0 Å². The molecular formula is C14H21N3O. The van der Waals surface area contributed by atoms with Gasteiger partial charge in [0.1, 0.15) is 5.65 Å². The normalized spacial score (nSPS) is 13.4. The van der Waals surface area contributed by atoms with Gasteiger partial charge in [-0.1, -0.05) is 19.9 Å². The number of nitrogens with zero attached hydrogens (tertiary/aromatic N) is 2. The second-order valence-corrected chi connectivity index (χ2v) is 5.02. The van der Waals surface area contributed by atoms with Gasteiger partial charge in [-0.3, -0.25) is 0 Å². The molecule has 2 rings (SSSR count). The molecule has 0 saturated heterocycles. The number of rotatable bonds is 5. The molecule has 0 bridgehead atoms. The third-order valence-electron chi connectivity index (χ3n) is 3.24. The number of fused-ring (bicyclic) bond motifs is 1. The Bertz CT molecular complexity index is 519. The summed E-state index contributed by atoms with van der Waals surface area (Å²) in [6.45, 7) is 7.39. The van der Waals surface area contributed by atoms with Crippen molar-refractivity contribution in [1.82, 2.24) is 14.7 Å². The summed E-state index contributed by atoms with van der Waals surface area (Å²) in [6, 6.07) is 5.99. The maximum atomic E-state index is 9.75. The van der Waals surface area contributed by atoms with Gasteiger partial charge in [-0.15, -0.1) is 0 Å². The Morgan fingerprint density at radius 2 is 2.17 bits per heavy atom. The molecule has 0 aromatic carbocycles. The molecular weight excluding hydrogens is 226 g/mol. The number of hydrogen-bond acceptors (Lipinski definition) is 3. The fraction of sp³-hybridized carbons (Fsp3) is 0.500. The molecule has 1 unspecified atom stereocenters. The molecule has 2 aromatic heterocycles. The van der Waals surface area contributed by atoms with Crippen molar-refractivity contribution in [2.45, 2.75) is 33.4 Å². The molecule has 4 heteroatoms. The fourth-order valence-electron chi connectivity index (χ4n) is 1.95. The lowest BCUT2D eigenvalue weighted by Gasteiger charge is -2.15. The lowest BCUT2D eigenvalue weighted by molar-refractivity contribution is 0.123. The smallest absolute Gasteiger partial charge is 0.137 e. The number of hydrogen-bond donors (Lipinski definition) is 2. The van der Waals surface area contributed by atoms with Gasteiger partial charge < -0.3 is 14.8 Å². The van der Waals surface area contributed by atoms with E-state index in [0.717, 1.165) is 23.6 Å². The van der Waals surface area contributed by atoms with E-state index >= 15 is 0 Å². The van der Waals surface area contributed by atoms with Crippen molar-refractivity contribution in [1.29, 1.82) is 0 Å². The van der Waals surface area contributed by atoms with E-state index in [1.807, 2.05) is 45.2 Å². The topological polar surface area (TPSA) is 49.6 Å². The Morgan fingerprint density at radius 1 is 1.39 bits per heavy atom.